The summed E-state index contributed by atoms with van der Waals surface area (Å²) in [4.78, 5) is 31.6. The first-order valence-corrected chi connectivity index (χ1v) is 17.8. The fourth-order valence-electron chi connectivity index (χ4n) is 6.12. The second-order valence-corrected chi connectivity index (χ2v) is 12.9. The lowest BCUT2D eigenvalue weighted by Crippen LogP contribution is -2.38. The van der Waals surface area contributed by atoms with Crippen molar-refractivity contribution in [2.75, 3.05) is 39.3 Å². The Labute approximate surface area is 301 Å². The highest BCUT2D eigenvalue weighted by molar-refractivity contribution is 7.33. The highest BCUT2D eigenvalue weighted by Crippen LogP contribution is 2.44. The van der Waals surface area contributed by atoms with Crippen molar-refractivity contribution in [3.05, 3.63) is 153 Å². The fraction of sp³-hybridized carbons (Fsp3) is 0.289. The van der Waals surface area contributed by atoms with E-state index in [9.17, 15) is 14.2 Å². The van der Waals surface area contributed by atoms with Crippen molar-refractivity contribution in [1.29, 1.82) is 0 Å². The molecule has 2 N–H and O–H groups in total. The standard InChI is InChI=1S/C38H39N4O9P/c1-26-24-42(37(44)41-36(26)43)35-23-32(51-52(45)49-22-21-40-34-11-7-8-20-39-34)33(50-35)25-48-38(27-9-5-4-6-10-27,28-12-16-30(46-2)17-13-28)29-14-18-31(47-3)19-15-29/h4-20,24,32-33,35H,21-23,25H2,1-3H3,(H-,39,40,41,43,44)/p+1/t32-,33+,35+/m0/s1. The lowest BCUT2D eigenvalue weighted by atomic mass is 9.80. The molecule has 6 rings (SSSR count). The predicted octanol–water partition coefficient (Wildman–Crippen LogP) is 5.72. The highest BCUT2D eigenvalue weighted by atomic mass is 31.1. The van der Waals surface area contributed by atoms with Crippen molar-refractivity contribution in [1.82, 2.24) is 14.5 Å². The number of aromatic amines is 1. The van der Waals surface area contributed by atoms with E-state index in [0.29, 0.717) is 29.4 Å². The van der Waals surface area contributed by atoms with E-state index in [2.05, 4.69) is 15.3 Å². The van der Waals surface area contributed by atoms with E-state index in [4.69, 9.17) is 28.0 Å². The van der Waals surface area contributed by atoms with Crippen molar-refractivity contribution in [3.8, 4) is 11.5 Å². The van der Waals surface area contributed by atoms with Crippen molar-refractivity contribution < 1.29 is 32.6 Å². The minimum atomic E-state index is -2.61. The number of nitrogens with one attached hydrogen (secondary N) is 2. The summed E-state index contributed by atoms with van der Waals surface area (Å²) in [5, 5.41) is 3.10. The van der Waals surface area contributed by atoms with Gasteiger partial charge in [0.25, 0.3) is 5.56 Å². The van der Waals surface area contributed by atoms with Gasteiger partial charge in [-0.1, -0.05) is 60.7 Å². The van der Waals surface area contributed by atoms with Crippen LogP contribution in [0.3, 0.4) is 0 Å². The number of ether oxygens (including phenoxy) is 4. The molecule has 2 aromatic heterocycles. The third kappa shape index (κ3) is 8.31. The van der Waals surface area contributed by atoms with Crippen LogP contribution in [0.15, 0.2) is 119 Å². The molecule has 1 aliphatic heterocycles. The van der Waals surface area contributed by atoms with Gasteiger partial charge in [-0.25, -0.2) is 9.78 Å². The number of hydrogen-bond acceptors (Lipinski definition) is 11. The molecular weight excluding hydrogens is 687 g/mol. The van der Waals surface area contributed by atoms with Crippen molar-refractivity contribution >= 4 is 14.1 Å². The fourth-order valence-corrected chi connectivity index (χ4v) is 6.87. The van der Waals surface area contributed by atoms with Crippen LogP contribution in [0.25, 0.3) is 0 Å². The number of hydrogen-bond donors (Lipinski definition) is 2. The molecule has 52 heavy (non-hydrogen) atoms. The molecule has 5 aromatic rings. The number of benzene rings is 3. The molecule has 1 aliphatic rings. The minimum Gasteiger partial charge on any atom is -0.497 e. The van der Waals surface area contributed by atoms with Crippen LogP contribution in [0.1, 0.15) is 34.9 Å². The van der Waals surface area contributed by atoms with Gasteiger partial charge in [0, 0.05) is 35.5 Å². The van der Waals surface area contributed by atoms with Gasteiger partial charge >= 0.3 is 13.9 Å². The topological polar surface area (TPSA) is 152 Å². The monoisotopic (exact) mass is 727 g/mol. The number of methoxy groups -OCH3 is 2. The average molecular weight is 728 g/mol. The molecule has 3 aromatic carbocycles. The molecular formula is C38H40N4O9P+. The second-order valence-electron chi connectivity index (χ2n) is 12.0. The summed E-state index contributed by atoms with van der Waals surface area (Å²) in [5.41, 5.74) is 0.467. The van der Waals surface area contributed by atoms with E-state index in [1.165, 1.54) is 10.8 Å². The van der Waals surface area contributed by atoms with E-state index in [-0.39, 0.29) is 19.6 Å². The lowest BCUT2D eigenvalue weighted by molar-refractivity contribution is -0.0920. The maximum atomic E-state index is 13.2. The molecule has 0 saturated carbocycles. The maximum absolute atomic E-state index is 13.2. The van der Waals surface area contributed by atoms with E-state index < -0.39 is 43.5 Å². The summed E-state index contributed by atoms with van der Waals surface area (Å²) < 4.78 is 50.4. The zero-order valence-corrected chi connectivity index (χ0v) is 29.9. The first-order valence-electron chi connectivity index (χ1n) is 16.7. The molecule has 4 atom stereocenters. The van der Waals surface area contributed by atoms with E-state index in [0.717, 1.165) is 16.7 Å². The van der Waals surface area contributed by atoms with Gasteiger partial charge in [-0.3, -0.25) is 14.3 Å². The van der Waals surface area contributed by atoms with Gasteiger partial charge in [0.2, 0.25) is 0 Å². The van der Waals surface area contributed by atoms with Gasteiger partial charge in [-0.05, 0) is 60.0 Å². The van der Waals surface area contributed by atoms with Crippen LogP contribution in [0, 0.1) is 6.92 Å². The average Bonchev–Trinajstić information content (AvgIpc) is 3.58. The Balaban J connectivity index is 1.31. The van der Waals surface area contributed by atoms with Crippen LogP contribution >= 0.6 is 8.25 Å². The second kappa shape index (κ2) is 16.9. The van der Waals surface area contributed by atoms with Crippen LogP contribution in [0.5, 0.6) is 11.5 Å². The summed E-state index contributed by atoms with van der Waals surface area (Å²) >= 11 is 0. The SMILES string of the molecule is COc1ccc(C(OC[C@H]2O[C@@H](n3cc(C)c(=O)[nH]c3=O)C[C@@H]2O[P+](=O)OCCNc2ccccn2)(c2ccccc2)c2ccc(OC)cc2)cc1. The van der Waals surface area contributed by atoms with Crippen molar-refractivity contribution in [2.24, 2.45) is 0 Å². The number of aromatic nitrogens is 3. The summed E-state index contributed by atoms with van der Waals surface area (Å²) in [6, 6.07) is 30.4. The Morgan fingerprint density at radius 1 is 0.904 bits per heavy atom. The van der Waals surface area contributed by atoms with Crippen LogP contribution in [0.4, 0.5) is 5.82 Å². The Bertz CT molecular complexity index is 1990. The van der Waals surface area contributed by atoms with Gasteiger partial charge in [-0.2, -0.15) is 0 Å². The molecule has 13 nitrogen and oxygen atoms in total. The Morgan fingerprint density at radius 2 is 1.54 bits per heavy atom. The quantitative estimate of drug-likeness (QED) is 0.0729. The number of aryl methyl sites for hydroxylation is 1. The van der Waals surface area contributed by atoms with Crippen LogP contribution in [-0.4, -0.2) is 60.7 Å². The summed E-state index contributed by atoms with van der Waals surface area (Å²) in [7, 11) is 0.604. The van der Waals surface area contributed by atoms with Gasteiger partial charge in [0.1, 0.15) is 48.0 Å². The molecule has 270 valence electrons. The third-order valence-electron chi connectivity index (χ3n) is 8.77. The normalized spacial score (nSPS) is 17.4. The smallest absolute Gasteiger partial charge is 0.497 e. The van der Waals surface area contributed by atoms with Gasteiger partial charge in [0.15, 0.2) is 0 Å². The van der Waals surface area contributed by atoms with Crippen LogP contribution < -0.4 is 26.0 Å². The minimum absolute atomic E-state index is 0.0599. The van der Waals surface area contributed by atoms with Crippen molar-refractivity contribution in [2.45, 2.75) is 37.4 Å². The Morgan fingerprint density at radius 3 is 2.15 bits per heavy atom. The molecule has 1 unspecified atom stereocenters. The van der Waals surface area contributed by atoms with Crippen LogP contribution in [-0.2, 0) is 28.7 Å². The van der Waals surface area contributed by atoms with E-state index in [1.54, 1.807) is 27.3 Å². The molecule has 1 saturated heterocycles. The predicted molar refractivity (Wildman–Crippen MR) is 194 cm³/mol. The molecule has 0 aliphatic carbocycles. The van der Waals surface area contributed by atoms with Gasteiger partial charge in [0.05, 0.1) is 20.8 Å². The van der Waals surface area contributed by atoms with Gasteiger partial charge < -0.3 is 24.3 Å². The molecule has 14 heteroatoms. The van der Waals surface area contributed by atoms with E-state index in [1.807, 2.05) is 97.1 Å². The highest BCUT2D eigenvalue weighted by Gasteiger charge is 2.46. The zero-order chi connectivity index (χ0) is 36.5. The first kappa shape index (κ1) is 36.6. The van der Waals surface area contributed by atoms with Gasteiger partial charge in [-0.15, -0.1) is 9.05 Å². The Kier molecular flexibility index (Phi) is 11.9. The summed E-state index contributed by atoms with van der Waals surface area (Å²) in [6.45, 7) is 1.96. The van der Waals surface area contributed by atoms with Crippen molar-refractivity contribution in [3.63, 3.8) is 0 Å². The molecule has 0 radical (unpaired) electrons. The summed E-state index contributed by atoms with van der Waals surface area (Å²) in [6.07, 6.45) is 0.726. The largest absolute Gasteiger partial charge is 0.697 e. The van der Waals surface area contributed by atoms with E-state index >= 15 is 0 Å². The molecule has 1 fully saturated rings. The molecule has 0 bridgehead atoms. The molecule has 0 spiro atoms. The molecule has 3 heterocycles. The first-order chi connectivity index (χ1) is 25.3. The maximum Gasteiger partial charge on any atom is 0.697 e. The number of nitrogens with zero attached hydrogens (tertiary/aromatic N) is 2. The summed E-state index contributed by atoms with van der Waals surface area (Å²) in [5.74, 6) is 2.01. The number of anilines is 1. The Hall–Kier alpha value is -5.17. The lowest BCUT2D eigenvalue weighted by Gasteiger charge is -2.37. The number of H-pyrrole nitrogens is 1. The zero-order valence-electron chi connectivity index (χ0n) is 29.0. The number of rotatable bonds is 16. The number of pyridine rings is 1. The third-order valence-corrected chi connectivity index (χ3v) is 9.60. The molecule has 0 amide bonds. The van der Waals surface area contributed by atoms with Crippen LogP contribution in [0.2, 0.25) is 0 Å².